The summed E-state index contributed by atoms with van der Waals surface area (Å²) in [4.78, 5) is 23.4. The van der Waals surface area contributed by atoms with E-state index in [1.165, 1.54) is 6.07 Å². The van der Waals surface area contributed by atoms with E-state index in [2.05, 4.69) is 5.32 Å². The van der Waals surface area contributed by atoms with Crippen LogP contribution in [0.15, 0.2) is 18.2 Å². The number of carboxylic acids is 1. The molecule has 104 valence electrons. The van der Waals surface area contributed by atoms with Crippen molar-refractivity contribution in [2.75, 3.05) is 6.26 Å². The maximum atomic E-state index is 12.2. The van der Waals surface area contributed by atoms with Crippen LogP contribution in [0.5, 0.6) is 0 Å². The fraction of sp³-hybridized carbons (Fsp3) is 0.385. The maximum Gasteiger partial charge on any atom is 0.336 e. The average Bonchev–Trinajstić information content (AvgIpc) is 2.36. The van der Waals surface area contributed by atoms with Crippen molar-refractivity contribution >= 4 is 46.2 Å². The summed E-state index contributed by atoms with van der Waals surface area (Å²) in [5.41, 5.74) is 0.268. The molecule has 1 aromatic rings. The van der Waals surface area contributed by atoms with Crippen LogP contribution < -0.4 is 5.32 Å². The monoisotopic (exact) mass is 393 g/mol. The lowest BCUT2D eigenvalue weighted by Crippen LogP contribution is -2.39. The largest absolute Gasteiger partial charge is 0.478 e. The predicted octanol–water partition coefficient (Wildman–Crippen LogP) is 2.86. The van der Waals surface area contributed by atoms with Gasteiger partial charge in [-0.3, -0.25) is 4.79 Å². The van der Waals surface area contributed by atoms with Crippen LogP contribution in [0.3, 0.4) is 0 Å². The summed E-state index contributed by atoms with van der Waals surface area (Å²) >= 11 is 3.63. The number of hydrogen-bond acceptors (Lipinski definition) is 3. The number of nitrogens with one attached hydrogen (secondary N) is 1. The molecule has 0 aliphatic carbocycles. The molecule has 2 N–H and O–H groups in total. The summed E-state index contributed by atoms with van der Waals surface area (Å²) in [7, 11) is 0. The Labute approximate surface area is 130 Å². The van der Waals surface area contributed by atoms with Gasteiger partial charge in [0.05, 0.1) is 11.1 Å². The Morgan fingerprint density at radius 1 is 1.37 bits per heavy atom. The van der Waals surface area contributed by atoms with E-state index < -0.39 is 5.97 Å². The van der Waals surface area contributed by atoms with E-state index >= 15 is 0 Å². The molecule has 0 saturated carbocycles. The summed E-state index contributed by atoms with van der Waals surface area (Å²) in [6, 6.07) is 4.78. The van der Waals surface area contributed by atoms with Crippen molar-refractivity contribution in [1.82, 2.24) is 5.32 Å². The van der Waals surface area contributed by atoms with Crippen LogP contribution in [-0.4, -0.2) is 34.5 Å². The van der Waals surface area contributed by atoms with Crippen LogP contribution in [-0.2, 0) is 0 Å². The molecule has 1 rings (SSSR count). The van der Waals surface area contributed by atoms with E-state index in [0.717, 1.165) is 0 Å². The molecule has 2 atom stereocenters. The summed E-state index contributed by atoms with van der Waals surface area (Å²) in [5, 5.41) is 12.3. The highest BCUT2D eigenvalue weighted by molar-refractivity contribution is 14.1. The minimum Gasteiger partial charge on any atom is -0.478 e. The molecule has 4 nitrogen and oxygen atoms in total. The molecule has 0 bridgehead atoms. The first-order valence-electron chi connectivity index (χ1n) is 5.74. The summed E-state index contributed by atoms with van der Waals surface area (Å²) < 4.78 is 0.638. The molecule has 0 radical (unpaired) electrons. The minimum atomic E-state index is -1.09. The number of aromatic carboxylic acids is 1. The Bertz CT molecular complexity index is 493. The molecule has 1 aromatic carbocycles. The second-order valence-electron chi connectivity index (χ2n) is 4.17. The third-order valence-electron chi connectivity index (χ3n) is 2.91. The third-order valence-corrected chi connectivity index (χ3v) is 4.96. The van der Waals surface area contributed by atoms with Crippen LogP contribution in [0.4, 0.5) is 0 Å². The number of amides is 1. The first-order valence-corrected chi connectivity index (χ1v) is 8.10. The summed E-state index contributed by atoms with van der Waals surface area (Å²) in [6.45, 7) is 3.93. The molecule has 0 aliphatic rings. The molecular formula is C13H16INO3S. The van der Waals surface area contributed by atoms with Gasteiger partial charge in [-0.05, 0) is 47.9 Å². The SMILES string of the molecule is CSC(C)C(C)NC(=O)c1c(I)cccc1C(=O)O. The maximum absolute atomic E-state index is 12.2. The van der Waals surface area contributed by atoms with Crippen molar-refractivity contribution in [3.63, 3.8) is 0 Å². The Hall–Kier alpha value is -0.760. The highest BCUT2D eigenvalue weighted by Crippen LogP contribution is 2.18. The van der Waals surface area contributed by atoms with Crippen molar-refractivity contribution < 1.29 is 14.7 Å². The van der Waals surface area contributed by atoms with Crippen LogP contribution in [0.25, 0.3) is 0 Å². The number of carbonyl (C=O) groups excluding carboxylic acids is 1. The molecule has 0 fully saturated rings. The number of hydrogen-bond donors (Lipinski definition) is 2. The van der Waals surface area contributed by atoms with Gasteiger partial charge in [0, 0.05) is 14.9 Å². The fourth-order valence-corrected chi connectivity index (χ4v) is 2.75. The number of carbonyl (C=O) groups is 2. The normalized spacial score (nSPS) is 13.7. The first kappa shape index (κ1) is 16.3. The van der Waals surface area contributed by atoms with E-state index in [1.54, 1.807) is 23.9 Å². The zero-order chi connectivity index (χ0) is 14.6. The number of thioether (sulfide) groups is 1. The lowest BCUT2D eigenvalue weighted by atomic mass is 10.1. The number of rotatable bonds is 5. The minimum absolute atomic E-state index is 0.0276. The van der Waals surface area contributed by atoms with E-state index in [9.17, 15) is 9.59 Å². The molecule has 6 heteroatoms. The quantitative estimate of drug-likeness (QED) is 0.756. The van der Waals surface area contributed by atoms with Gasteiger partial charge in [-0.1, -0.05) is 13.0 Å². The Morgan fingerprint density at radius 2 is 2.00 bits per heavy atom. The van der Waals surface area contributed by atoms with E-state index in [1.807, 2.05) is 42.7 Å². The molecule has 0 saturated heterocycles. The molecule has 1 amide bonds. The molecular weight excluding hydrogens is 377 g/mol. The Morgan fingerprint density at radius 3 is 2.53 bits per heavy atom. The number of benzene rings is 1. The van der Waals surface area contributed by atoms with Gasteiger partial charge in [-0.15, -0.1) is 0 Å². The van der Waals surface area contributed by atoms with Crippen molar-refractivity contribution in [1.29, 1.82) is 0 Å². The molecule has 0 spiro atoms. The highest BCUT2D eigenvalue weighted by atomic mass is 127. The standard InChI is InChI=1S/C13H16INO3S/c1-7(8(2)19-3)15-12(16)11-9(13(17)18)5-4-6-10(11)14/h4-8H,1-3H3,(H,15,16)(H,17,18). The molecule has 0 aromatic heterocycles. The Kier molecular flexibility index (Phi) is 6.12. The number of halogens is 1. The van der Waals surface area contributed by atoms with Gasteiger partial charge in [0.2, 0.25) is 0 Å². The van der Waals surface area contributed by atoms with Crippen LogP contribution >= 0.6 is 34.4 Å². The van der Waals surface area contributed by atoms with Crippen molar-refractivity contribution in [2.24, 2.45) is 0 Å². The van der Waals surface area contributed by atoms with Gasteiger partial charge < -0.3 is 10.4 Å². The molecule has 0 aliphatic heterocycles. The van der Waals surface area contributed by atoms with Crippen LogP contribution in [0, 0.1) is 3.57 Å². The van der Waals surface area contributed by atoms with Gasteiger partial charge >= 0.3 is 5.97 Å². The molecule has 19 heavy (non-hydrogen) atoms. The smallest absolute Gasteiger partial charge is 0.336 e. The van der Waals surface area contributed by atoms with E-state index in [4.69, 9.17) is 5.11 Å². The van der Waals surface area contributed by atoms with Crippen LogP contribution in [0.1, 0.15) is 34.6 Å². The predicted molar refractivity (Wildman–Crippen MR) is 86.0 cm³/mol. The first-order chi connectivity index (χ1) is 8.88. The summed E-state index contributed by atoms with van der Waals surface area (Å²) in [6.07, 6.45) is 1.97. The van der Waals surface area contributed by atoms with Crippen molar-refractivity contribution in [3.8, 4) is 0 Å². The van der Waals surface area contributed by atoms with Gasteiger partial charge in [0.1, 0.15) is 0 Å². The average molecular weight is 393 g/mol. The van der Waals surface area contributed by atoms with Crippen molar-refractivity contribution in [3.05, 3.63) is 32.9 Å². The van der Waals surface area contributed by atoms with E-state index in [0.29, 0.717) is 3.57 Å². The highest BCUT2D eigenvalue weighted by Gasteiger charge is 2.22. The fourth-order valence-electron chi connectivity index (χ4n) is 1.53. The third kappa shape index (κ3) is 4.10. The molecule has 0 heterocycles. The molecule has 2 unspecified atom stereocenters. The lowest BCUT2D eigenvalue weighted by Gasteiger charge is -2.20. The second kappa shape index (κ2) is 7.14. The van der Waals surface area contributed by atoms with Crippen LogP contribution in [0.2, 0.25) is 0 Å². The zero-order valence-electron chi connectivity index (χ0n) is 10.9. The second-order valence-corrected chi connectivity index (χ2v) is 6.55. The Balaban J connectivity index is 3.03. The number of carboxylic acid groups (broad SMARTS) is 1. The van der Waals surface area contributed by atoms with Gasteiger partial charge in [-0.2, -0.15) is 11.8 Å². The van der Waals surface area contributed by atoms with Crippen molar-refractivity contribution in [2.45, 2.75) is 25.1 Å². The van der Waals surface area contributed by atoms with Gasteiger partial charge in [-0.25, -0.2) is 4.79 Å². The zero-order valence-corrected chi connectivity index (χ0v) is 13.9. The lowest BCUT2D eigenvalue weighted by molar-refractivity contribution is 0.0690. The van der Waals surface area contributed by atoms with Gasteiger partial charge in [0.25, 0.3) is 5.91 Å². The summed E-state index contributed by atoms with van der Waals surface area (Å²) in [5.74, 6) is -1.43. The van der Waals surface area contributed by atoms with Gasteiger partial charge in [0.15, 0.2) is 0 Å². The van der Waals surface area contributed by atoms with E-state index in [-0.39, 0.29) is 28.3 Å². The topological polar surface area (TPSA) is 66.4 Å².